The van der Waals surface area contributed by atoms with Crippen LogP contribution in [0.5, 0.6) is 5.75 Å². The van der Waals surface area contributed by atoms with E-state index in [-0.39, 0.29) is 42.9 Å². The van der Waals surface area contributed by atoms with Crippen LogP contribution in [0.15, 0.2) is 24.3 Å². The molecule has 2 fully saturated rings. The van der Waals surface area contributed by atoms with Gasteiger partial charge >= 0.3 is 6.09 Å². The Morgan fingerprint density at radius 3 is 2.42 bits per heavy atom. The van der Waals surface area contributed by atoms with Gasteiger partial charge in [-0.15, -0.1) is 0 Å². The van der Waals surface area contributed by atoms with Crippen molar-refractivity contribution in [3.05, 3.63) is 41.1 Å². The van der Waals surface area contributed by atoms with Crippen molar-refractivity contribution in [1.82, 2.24) is 30.0 Å². The molecule has 0 saturated carbocycles. The van der Waals surface area contributed by atoms with Crippen molar-refractivity contribution in [2.24, 2.45) is 0 Å². The highest BCUT2D eigenvalue weighted by Crippen LogP contribution is 2.28. The first kappa shape index (κ1) is 30.3. The molecule has 0 unspecified atom stereocenters. The number of fused-ring (bicyclic) bond motifs is 1. The van der Waals surface area contributed by atoms with Crippen LogP contribution >= 0.6 is 0 Å². The van der Waals surface area contributed by atoms with Gasteiger partial charge in [-0.25, -0.2) is 9.78 Å². The third-order valence-corrected chi connectivity index (χ3v) is 8.47. The van der Waals surface area contributed by atoms with Crippen LogP contribution in [0.3, 0.4) is 0 Å². The maximum Gasteiger partial charge on any atom is 0.407 e. The lowest BCUT2D eigenvalue weighted by atomic mass is 9.91. The first-order valence-electron chi connectivity index (χ1n) is 14.6. The second-order valence-corrected chi connectivity index (χ2v) is 11.7. The van der Waals surface area contributed by atoms with E-state index in [1.54, 1.807) is 17.0 Å². The number of phenols is 1. The first-order valence-corrected chi connectivity index (χ1v) is 14.6. The summed E-state index contributed by atoms with van der Waals surface area (Å²) in [7, 11) is 0. The lowest BCUT2D eigenvalue weighted by Gasteiger charge is -2.39. The number of benzene rings is 1. The van der Waals surface area contributed by atoms with Crippen LogP contribution in [-0.2, 0) is 17.8 Å². The second-order valence-electron chi connectivity index (χ2n) is 11.7. The van der Waals surface area contributed by atoms with Gasteiger partial charge in [0.1, 0.15) is 17.3 Å². The van der Waals surface area contributed by atoms with Gasteiger partial charge in [0.25, 0.3) is 5.91 Å². The zero-order valence-electron chi connectivity index (χ0n) is 24.7. The van der Waals surface area contributed by atoms with Gasteiger partial charge in [-0.05, 0) is 43.5 Å². The van der Waals surface area contributed by atoms with Gasteiger partial charge < -0.3 is 35.8 Å². The number of likely N-dealkylation sites (tertiary alicyclic amines) is 1. The topological polar surface area (TPSA) is 175 Å². The fourth-order valence-electron chi connectivity index (χ4n) is 5.81. The maximum absolute atomic E-state index is 13.3. The fraction of sp³-hybridized carbons (Fsp3) is 0.552. The molecule has 0 radical (unpaired) electrons. The van der Waals surface area contributed by atoms with E-state index in [1.807, 2.05) is 4.90 Å². The minimum Gasteiger partial charge on any atom is -0.508 e. The smallest absolute Gasteiger partial charge is 0.407 e. The molecule has 4 heterocycles. The Morgan fingerprint density at radius 1 is 1.05 bits per heavy atom. The van der Waals surface area contributed by atoms with Crippen LogP contribution in [0.4, 0.5) is 16.6 Å². The number of anilines is 2. The number of aromatic hydroxyl groups is 1. The molecular formula is C29H40N8O6. The molecule has 0 aliphatic carbocycles. The van der Waals surface area contributed by atoms with E-state index in [0.29, 0.717) is 49.6 Å². The molecule has 0 bridgehead atoms. The minimum atomic E-state index is -1.20. The number of hydrogen-bond donors (Lipinski definition) is 5. The summed E-state index contributed by atoms with van der Waals surface area (Å²) in [6, 6.07) is 5.97. The van der Waals surface area contributed by atoms with Gasteiger partial charge in [0.15, 0.2) is 0 Å². The number of nitrogens with zero attached hydrogens (tertiary/aromatic N) is 6. The van der Waals surface area contributed by atoms with Gasteiger partial charge in [-0.3, -0.25) is 19.4 Å². The van der Waals surface area contributed by atoms with Crippen LogP contribution < -0.4 is 15.5 Å². The molecule has 5 rings (SSSR count). The molecule has 0 spiro atoms. The standard InChI is InChI=1S/C29H40N8O6/c1-17(2)34-6-8-35(9-7-34)28-32-23(12-26(33-28)31-21-15-36(16-21)18(3)38)27(41)30-13-25(40)24-11-19-4-5-22(39)10-20(19)14-37(24)29(42)43/h4-5,10,12,17,21,24-25,39-40H,6-9,11,13-16H2,1-3H3,(H,30,41)(H,42,43)(H,31,32,33)/t24-,25+/m0/s1. The van der Waals surface area contributed by atoms with Gasteiger partial charge in [0, 0.05) is 71.4 Å². The van der Waals surface area contributed by atoms with Crippen LogP contribution in [0, 0.1) is 0 Å². The summed E-state index contributed by atoms with van der Waals surface area (Å²) in [4.78, 5) is 53.5. The minimum absolute atomic E-state index is 0.000245. The third-order valence-electron chi connectivity index (χ3n) is 8.47. The van der Waals surface area contributed by atoms with Crippen molar-refractivity contribution in [3.63, 3.8) is 0 Å². The fourth-order valence-corrected chi connectivity index (χ4v) is 5.81. The van der Waals surface area contributed by atoms with E-state index in [9.17, 15) is 29.7 Å². The summed E-state index contributed by atoms with van der Waals surface area (Å²) < 4.78 is 0. The Balaban J connectivity index is 1.29. The number of carboxylic acid groups (broad SMARTS) is 1. The van der Waals surface area contributed by atoms with E-state index in [1.165, 1.54) is 19.1 Å². The Bertz CT molecular complexity index is 1360. The van der Waals surface area contributed by atoms with E-state index in [2.05, 4.69) is 39.3 Å². The van der Waals surface area contributed by atoms with E-state index in [0.717, 1.165) is 23.6 Å². The molecule has 3 aliphatic rings. The summed E-state index contributed by atoms with van der Waals surface area (Å²) in [6.07, 6.45) is -2.14. The van der Waals surface area contributed by atoms with Crippen molar-refractivity contribution in [1.29, 1.82) is 0 Å². The average Bonchev–Trinajstić information content (AvgIpc) is 2.96. The van der Waals surface area contributed by atoms with E-state index >= 15 is 0 Å². The van der Waals surface area contributed by atoms with Gasteiger partial charge in [0.05, 0.1) is 18.2 Å². The van der Waals surface area contributed by atoms with Crippen LogP contribution in [0.25, 0.3) is 0 Å². The van der Waals surface area contributed by atoms with Crippen molar-refractivity contribution in [3.8, 4) is 5.75 Å². The molecule has 43 heavy (non-hydrogen) atoms. The number of aromatic nitrogens is 2. The predicted octanol–water partition coefficient (Wildman–Crippen LogP) is 0.551. The zero-order chi connectivity index (χ0) is 30.8. The lowest BCUT2D eigenvalue weighted by Crippen LogP contribution is -2.56. The zero-order valence-corrected chi connectivity index (χ0v) is 24.7. The number of carbonyl (C=O) groups is 3. The van der Waals surface area contributed by atoms with E-state index in [4.69, 9.17) is 0 Å². The molecule has 1 aromatic carbocycles. The summed E-state index contributed by atoms with van der Waals surface area (Å²) in [5.74, 6) is 0.423. The summed E-state index contributed by atoms with van der Waals surface area (Å²) in [5, 5.41) is 36.7. The van der Waals surface area contributed by atoms with Crippen molar-refractivity contribution in [2.75, 3.05) is 56.0 Å². The summed E-state index contributed by atoms with van der Waals surface area (Å²) in [6.45, 7) is 9.84. The number of rotatable bonds is 8. The average molecular weight is 597 g/mol. The lowest BCUT2D eigenvalue weighted by molar-refractivity contribution is -0.132. The molecule has 14 heteroatoms. The molecular weight excluding hydrogens is 556 g/mol. The number of piperazine rings is 1. The molecule has 5 N–H and O–H groups in total. The van der Waals surface area contributed by atoms with E-state index < -0.39 is 24.1 Å². The number of nitrogens with one attached hydrogen (secondary N) is 2. The van der Waals surface area contributed by atoms with Gasteiger partial charge in [0.2, 0.25) is 11.9 Å². The number of carbonyl (C=O) groups excluding carboxylic acids is 2. The van der Waals surface area contributed by atoms with Crippen molar-refractivity contribution < 1.29 is 29.7 Å². The SMILES string of the molecule is CC(=O)N1CC(Nc2cc(C(=O)NC[C@@H](O)[C@@H]3Cc4ccc(O)cc4CN3C(=O)O)nc(N3CCN(C(C)C)CC3)n2)C1. The molecule has 2 aromatic rings. The number of amides is 3. The van der Waals surface area contributed by atoms with Gasteiger partial charge in [-0.1, -0.05) is 6.07 Å². The monoisotopic (exact) mass is 596 g/mol. The number of aliphatic hydroxyl groups excluding tert-OH is 1. The molecule has 232 valence electrons. The Labute approximate surface area is 250 Å². The Hall–Kier alpha value is -4.17. The normalized spacial score (nSPS) is 19.9. The molecule has 2 saturated heterocycles. The Morgan fingerprint density at radius 2 is 1.77 bits per heavy atom. The summed E-state index contributed by atoms with van der Waals surface area (Å²) >= 11 is 0. The molecule has 3 amide bonds. The molecule has 2 atom stereocenters. The predicted molar refractivity (Wildman–Crippen MR) is 158 cm³/mol. The highest BCUT2D eigenvalue weighted by molar-refractivity contribution is 5.93. The quantitative estimate of drug-likeness (QED) is 0.288. The van der Waals surface area contributed by atoms with Crippen molar-refractivity contribution >= 4 is 29.7 Å². The third kappa shape index (κ3) is 6.91. The first-order chi connectivity index (χ1) is 20.5. The largest absolute Gasteiger partial charge is 0.508 e. The van der Waals surface area contributed by atoms with Gasteiger partial charge in [-0.2, -0.15) is 4.98 Å². The van der Waals surface area contributed by atoms with Crippen LogP contribution in [0.2, 0.25) is 0 Å². The molecule has 1 aromatic heterocycles. The van der Waals surface area contributed by atoms with Crippen LogP contribution in [0.1, 0.15) is 42.4 Å². The highest BCUT2D eigenvalue weighted by Gasteiger charge is 2.35. The number of phenolic OH excluding ortho intramolecular Hbond substituents is 1. The highest BCUT2D eigenvalue weighted by atomic mass is 16.4. The van der Waals surface area contributed by atoms with Crippen LogP contribution in [-0.4, -0.2) is 128 Å². The number of hydrogen-bond acceptors (Lipinski definition) is 10. The Kier molecular flexibility index (Phi) is 8.87. The summed E-state index contributed by atoms with van der Waals surface area (Å²) in [5.41, 5.74) is 1.63. The van der Waals surface area contributed by atoms with Crippen molar-refractivity contribution in [2.45, 2.75) is 58.0 Å². The number of aliphatic hydroxyl groups is 1. The molecule has 3 aliphatic heterocycles. The maximum atomic E-state index is 13.3. The molecule has 14 nitrogen and oxygen atoms in total. The second kappa shape index (κ2) is 12.6.